The summed E-state index contributed by atoms with van der Waals surface area (Å²) in [6.45, 7) is 0. The number of nitrogens with two attached hydrogens (primary N) is 1. The molecule has 7 heteroatoms. The summed E-state index contributed by atoms with van der Waals surface area (Å²) < 4.78 is 32.2. The number of nitrogen functional groups attached to an aromatic ring is 1. The highest BCUT2D eigenvalue weighted by atomic mass is 19.1. The Hall–Kier alpha value is -2.41. The van der Waals surface area contributed by atoms with Crippen molar-refractivity contribution in [3.05, 3.63) is 42.0 Å². The number of hydrazine groups is 1. The standard InChI is InChI=1S/C13H14F2N4O/c1-19(8-3-5-9(20-2)6-4-8)13-11(15)7-10(14)12(17-13)18-16/h3-7H,16H2,1-2H3,(H,17,18). The second-order valence-electron chi connectivity index (χ2n) is 4.03. The molecular formula is C13H14F2N4O. The summed E-state index contributed by atoms with van der Waals surface area (Å²) >= 11 is 0. The molecule has 0 unspecified atom stereocenters. The lowest BCUT2D eigenvalue weighted by Gasteiger charge is -2.20. The summed E-state index contributed by atoms with van der Waals surface area (Å²) in [7, 11) is 3.17. The van der Waals surface area contributed by atoms with Gasteiger partial charge in [0.15, 0.2) is 23.3 Å². The number of pyridine rings is 1. The number of anilines is 3. The van der Waals surface area contributed by atoms with E-state index in [1.165, 1.54) is 4.90 Å². The van der Waals surface area contributed by atoms with Crippen LogP contribution in [0.3, 0.4) is 0 Å². The Morgan fingerprint density at radius 1 is 1.20 bits per heavy atom. The molecule has 1 aromatic carbocycles. The van der Waals surface area contributed by atoms with Crippen LogP contribution in [0.1, 0.15) is 0 Å². The second kappa shape index (κ2) is 5.70. The SMILES string of the molecule is COc1ccc(N(C)c2nc(NN)c(F)cc2F)cc1. The number of methoxy groups -OCH3 is 1. The van der Waals surface area contributed by atoms with Crippen LogP contribution in [0.2, 0.25) is 0 Å². The van der Waals surface area contributed by atoms with Crippen LogP contribution in [-0.2, 0) is 0 Å². The van der Waals surface area contributed by atoms with E-state index >= 15 is 0 Å². The number of nitrogens with zero attached hydrogens (tertiary/aromatic N) is 2. The minimum atomic E-state index is -0.850. The highest BCUT2D eigenvalue weighted by molar-refractivity contribution is 5.62. The molecule has 0 saturated carbocycles. The number of hydrogen-bond acceptors (Lipinski definition) is 5. The lowest BCUT2D eigenvalue weighted by atomic mass is 10.2. The molecule has 0 aliphatic carbocycles. The average molecular weight is 280 g/mol. The van der Waals surface area contributed by atoms with Crippen LogP contribution in [0.15, 0.2) is 30.3 Å². The van der Waals surface area contributed by atoms with Gasteiger partial charge >= 0.3 is 0 Å². The predicted molar refractivity (Wildman–Crippen MR) is 73.0 cm³/mol. The number of rotatable bonds is 4. The fourth-order valence-electron chi connectivity index (χ4n) is 1.72. The van der Waals surface area contributed by atoms with Gasteiger partial charge in [0.1, 0.15) is 5.75 Å². The van der Waals surface area contributed by atoms with E-state index in [-0.39, 0.29) is 11.6 Å². The molecule has 0 spiro atoms. The number of benzene rings is 1. The third-order valence-electron chi connectivity index (χ3n) is 2.83. The second-order valence-corrected chi connectivity index (χ2v) is 4.03. The van der Waals surface area contributed by atoms with Crippen molar-refractivity contribution >= 4 is 17.3 Å². The molecule has 0 aliphatic heterocycles. The zero-order valence-corrected chi connectivity index (χ0v) is 11.0. The summed E-state index contributed by atoms with van der Waals surface area (Å²) in [6.07, 6.45) is 0. The number of nitrogens with one attached hydrogen (secondary N) is 1. The van der Waals surface area contributed by atoms with E-state index in [9.17, 15) is 8.78 Å². The highest BCUT2D eigenvalue weighted by Gasteiger charge is 2.16. The molecular weight excluding hydrogens is 266 g/mol. The first-order chi connectivity index (χ1) is 9.56. The minimum absolute atomic E-state index is 0.0375. The molecule has 0 saturated heterocycles. The summed E-state index contributed by atoms with van der Waals surface area (Å²) in [6, 6.07) is 7.67. The molecule has 3 N–H and O–H groups in total. The van der Waals surface area contributed by atoms with Gasteiger partial charge in [0.25, 0.3) is 0 Å². The third kappa shape index (κ3) is 2.62. The largest absolute Gasteiger partial charge is 0.497 e. The van der Waals surface area contributed by atoms with Crippen LogP contribution in [0.25, 0.3) is 0 Å². The molecule has 0 atom stereocenters. The molecule has 0 aliphatic rings. The molecule has 106 valence electrons. The molecule has 2 aromatic rings. The number of ether oxygens (including phenoxy) is 1. The third-order valence-corrected chi connectivity index (χ3v) is 2.83. The molecule has 1 heterocycles. The van der Waals surface area contributed by atoms with Gasteiger partial charge in [0.2, 0.25) is 0 Å². The van der Waals surface area contributed by atoms with Gasteiger partial charge in [-0.15, -0.1) is 0 Å². The molecule has 0 amide bonds. The van der Waals surface area contributed by atoms with Crippen molar-refractivity contribution in [3.63, 3.8) is 0 Å². The van der Waals surface area contributed by atoms with Gasteiger partial charge in [0.05, 0.1) is 7.11 Å². The van der Waals surface area contributed by atoms with Crippen LogP contribution >= 0.6 is 0 Å². The van der Waals surface area contributed by atoms with Crippen LogP contribution in [0, 0.1) is 11.6 Å². The molecule has 20 heavy (non-hydrogen) atoms. The van der Waals surface area contributed by atoms with E-state index in [4.69, 9.17) is 10.6 Å². The summed E-state index contributed by atoms with van der Waals surface area (Å²) in [5, 5.41) is 0. The average Bonchev–Trinajstić information content (AvgIpc) is 2.47. The Labute approximate surface area is 115 Å². The van der Waals surface area contributed by atoms with Crippen molar-refractivity contribution in [1.82, 2.24) is 4.98 Å². The number of hydrogen-bond donors (Lipinski definition) is 2. The Kier molecular flexibility index (Phi) is 3.99. The fourth-order valence-corrected chi connectivity index (χ4v) is 1.72. The van der Waals surface area contributed by atoms with Crippen molar-refractivity contribution < 1.29 is 13.5 Å². The van der Waals surface area contributed by atoms with E-state index in [1.807, 2.05) is 0 Å². The quantitative estimate of drug-likeness (QED) is 0.665. The van der Waals surface area contributed by atoms with E-state index in [0.29, 0.717) is 11.4 Å². The normalized spacial score (nSPS) is 10.2. The van der Waals surface area contributed by atoms with Crippen molar-refractivity contribution in [2.24, 2.45) is 5.84 Å². The first kappa shape index (κ1) is 14.0. The van der Waals surface area contributed by atoms with Crippen molar-refractivity contribution in [1.29, 1.82) is 0 Å². The van der Waals surface area contributed by atoms with Gasteiger partial charge in [-0.3, -0.25) is 0 Å². The van der Waals surface area contributed by atoms with Gasteiger partial charge in [-0.05, 0) is 24.3 Å². The Bertz CT molecular complexity index is 604. The molecule has 0 radical (unpaired) electrons. The monoisotopic (exact) mass is 280 g/mol. The zero-order chi connectivity index (χ0) is 14.7. The number of aromatic nitrogens is 1. The molecule has 2 rings (SSSR count). The maximum absolute atomic E-state index is 13.8. The van der Waals surface area contributed by atoms with E-state index in [2.05, 4.69) is 10.4 Å². The van der Waals surface area contributed by atoms with Gasteiger partial charge < -0.3 is 15.1 Å². The Balaban J connectivity index is 2.38. The highest BCUT2D eigenvalue weighted by Crippen LogP contribution is 2.28. The van der Waals surface area contributed by atoms with Gasteiger partial charge in [-0.1, -0.05) is 0 Å². The fraction of sp³-hybridized carbons (Fsp3) is 0.154. The smallest absolute Gasteiger partial charge is 0.178 e. The first-order valence-corrected chi connectivity index (χ1v) is 5.77. The maximum Gasteiger partial charge on any atom is 0.178 e. The Morgan fingerprint density at radius 3 is 2.40 bits per heavy atom. The first-order valence-electron chi connectivity index (χ1n) is 5.77. The Morgan fingerprint density at radius 2 is 1.85 bits per heavy atom. The van der Waals surface area contributed by atoms with E-state index in [0.717, 1.165) is 6.07 Å². The summed E-state index contributed by atoms with van der Waals surface area (Å²) in [5.74, 6) is 3.93. The minimum Gasteiger partial charge on any atom is -0.497 e. The van der Waals surface area contributed by atoms with Crippen molar-refractivity contribution in [3.8, 4) is 5.75 Å². The number of halogens is 2. The van der Waals surface area contributed by atoms with Crippen LogP contribution in [-0.4, -0.2) is 19.1 Å². The molecule has 5 nitrogen and oxygen atoms in total. The van der Waals surface area contributed by atoms with Gasteiger partial charge in [-0.2, -0.15) is 0 Å². The summed E-state index contributed by atoms with van der Waals surface area (Å²) in [4.78, 5) is 5.30. The van der Waals surface area contributed by atoms with Crippen molar-refractivity contribution in [2.75, 3.05) is 24.5 Å². The maximum atomic E-state index is 13.8. The molecule has 1 aromatic heterocycles. The van der Waals surface area contributed by atoms with Crippen LogP contribution < -0.4 is 20.9 Å². The molecule has 0 fully saturated rings. The summed E-state index contributed by atoms with van der Waals surface area (Å²) in [5.41, 5.74) is 2.76. The predicted octanol–water partition coefficient (Wildman–Crippen LogP) is 2.42. The van der Waals surface area contributed by atoms with Crippen molar-refractivity contribution in [2.45, 2.75) is 0 Å². The zero-order valence-electron chi connectivity index (χ0n) is 11.0. The van der Waals surface area contributed by atoms with Crippen LogP contribution in [0.4, 0.5) is 26.1 Å². The van der Waals surface area contributed by atoms with E-state index in [1.54, 1.807) is 38.4 Å². The lowest BCUT2D eigenvalue weighted by Crippen LogP contribution is -2.17. The van der Waals surface area contributed by atoms with Gasteiger partial charge in [-0.25, -0.2) is 19.6 Å². The molecule has 0 bridgehead atoms. The van der Waals surface area contributed by atoms with Crippen LogP contribution in [0.5, 0.6) is 5.75 Å². The topological polar surface area (TPSA) is 63.4 Å². The van der Waals surface area contributed by atoms with Gasteiger partial charge in [0, 0.05) is 18.8 Å². The lowest BCUT2D eigenvalue weighted by molar-refractivity contribution is 0.415. The van der Waals surface area contributed by atoms with E-state index < -0.39 is 11.6 Å².